The molecule has 0 saturated heterocycles. The number of methoxy groups -OCH3 is 1. The van der Waals surface area contributed by atoms with Crippen LogP contribution < -0.4 is 25.8 Å². The molecule has 29 heavy (non-hydrogen) atoms. The Morgan fingerprint density at radius 3 is 2.69 bits per heavy atom. The summed E-state index contributed by atoms with van der Waals surface area (Å²) >= 11 is 5.18. The van der Waals surface area contributed by atoms with Crippen LogP contribution in [0.15, 0.2) is 53.7 Å². The number of amides is 1. The molecule has 1 amide bonds. The Hall–Kier alpha value is -3.66. The van der Waals surface area contributed by atoms with Gasteiger partial charge in [-0.3, -0.25) is 14.9 Å². The van der Waals surface area contributed by atoms with E-state index in [1.54, 1.807) is 31.2 Å². The molecule has 2 aromatic rings. The summed E-state index contributed by atoms with van der Waals surface area (Å²) in [4.78, 5) is 23.5. The van der Waals surface area contributed by atoms with Crippen LogP contribution in [0, 0.1) is 10.1 Å². The van der Waals surface area contributed by atoms with E-state index in [0.29, 0.717) is 22.7 Å². The minimum atomic E-state index is -0.780. The van der Waals surface area contributed by atoms with Crippen LogP contribution in [-0.4, -0.2) is 23.1 Å². The summed E-state index contributed by atoms with van der Waals surface area (Å²) in [5.41, 5.74) is 1.02. The van der Waals surface area contributed by atoms with Crippen molar-refractivity contribution in [3.63, 3.8) is 0 Å². The highest BCUT2D eigenvalue weighted by molar-refractivity contribution is 7.80. The molecule has 1 atom stereocenters. The molecule has 0 fully saturated rings. The molecule has 150 valence electrons. The number of hydrogen-bond donors (Lipinski definition) is 3. The van der Waals surface area contributed by atoms with Gasteiger partial charge < -0.3 is 25.8 Å². The second-order valence-electron chi connectivity index (χ2n) is 6.21. The number of anilines is 1. The summed E-state index contributed by atoms with van der Waals surface area (Å²) in [6.07, 6.45) is 0. The molecule has 0 spiro atoms. The quantitative estimate of drug-likeness (QED) is 0.386. The Balaban J connectivity index is 2.01. The monoisotopic (exact) mass is 413 g/mol. The summed E-state index contributed by atoms with van der Waals surface area (Å²) in [6.45, 7) is 1.67. The van der Waals surface area contributed by atoms with Crippen molar-refractivity contribution in [3.05, 3.63) is 69.4 Å². The Morgan fingerprint density at radius 2 is 2.00 bits per heavy atom. The Bertz CT molecular complexity index is 1040. The highest BCUT2D eigenvalue weighted by Gasteiger charge is 2.31. The zero-order valence-corrected chi connectivity index (χ0v) is 16.3. The van der Waals surface area contributed by atoms with Crippen LogP contribution >= 0.6 is 12.2 Å². The molecule has 0 saturated carbocycles. The summed E-state index contributed by atoms with van der Waals surface area (Å²) in [6, 6.07) is 9.82. The number of carbonyl (C=O) groups is 1. The van der Waals surface area contributed by atoms with E-state index in [-0.39, 0.29) is 10.7 Å². The molecular formula is C19H17N4O5S-. The maximum absolute atomic E-state index is 13.1. The molecule has 0 aromatic heterocycles. The van der Waals surface area contributed by atoms with Gasteiger partial charge in [-0.15, -0.1) is 0 Å². The van der Waals surface area contributed by atoms with Crippen LogP contribution in [0.2, 0.25) is 0 Å². The van der Waals surface area contributed by atoms with Gasteiger partial charge in [0, 0.05) is 11.8 Å². The number of ether oxygens (including phenoxy) is 1. The van der Waals surface area contributed by atoms with Gasteiger partial charge in [0.05, 0.1) is 29.3 Å². The zero-order valence-electron chi connectivity index (χ0n) is 15.5. The van der Waals surface area contributed by atoms with E-state index < -0.39 is 28.3 Å². The van der Waals surface area contributed by atoms with E-state index in [9.17, 15) is 20.0 Å². The SMILES string of the molecule is COc1ccccc1NC(=O)C1=C(C)NC(=S)N[C@@H]1c1ccc([O-])c([N+](=O)[O-])c1. The van der Waals surface area contributed by atoms with E-state index in [1.165, 1.54) is 13.2 Å². The van der Waals surface area contributed by atoms with Crippen LogP contribution in [0.5, 0.6) is 11.5 Å². The summed E-state index contributed by atoms with van der Waals surface area (Å²) in [5.74, 6) is -0.682. The van der Waals surface area contributed by atoms with Gasteiger partial charge in [0.2, 0.25) is 0 Å². The number of carbonyl (C=O) groups excluding carboxylic acids is 1. The van der Waals surface area contributed by atoms with E-state index in [0.717, 1.165) is 12.1 Å². The number of nitro groups is 1. The van der Waals surface area contributed by atoms with Gasteiger partial charge >= 0.3 is 0 Å². The first-order valence-electron chi connectivity index (χ1n) is 8.49. The number of nitro benzene ring substituents is 1. The van der Waals surface area contributed by atoms with E-state index in [4.69, 9.17) is 17.0 Å². The molecule has 3 N–H and O–H groups in total. The Labute approximate surface area is 171 Å². The van der Waals surface area contributed by atoms with E-state index >= 15 is 0 Å². The topological polar surface area (TPSA) is 129 Å². The average Bonchev–Trinajstić information content (AvgIpc) is 2.67. The molecule has 10 heteroatoms. The highest BCUT2D eigenvalue weighted by Crippen LogP contribution is 2.33. The maximum atomic E-state index is 13.1. The average molecular weight is 413 g/mol. The first-order chi connectivity index (χ1) is 13.8. The maximum Gasteiger partial charge on any atom is 0.262 e. The number of para-hydroxylation sites is 2. The largest absolute Gasteiger partial charge is 0.868 e. The molecule has 3 rings (SSSR count). The Kier molecular flexibility index (Phi) is 5.64. The third kappa shape index (κ3) is 4.11. The van der Waals surface area contributed by atoms with Gasteiger partial charge in [0.25, 0.3) is 11.6 Å². The third-order valence-corrected chi connectivity index (χ3v) is 4.60. The lowest BCUT2D eigenvalue weighted by Gasteiger charge is -2.30. The molecule has 1 aliphatic rings. The van der Waals surface area contributed by atoms with Gasteiger partial charge in [0.1, 0.15) is 5.75 Å². The number of rotatable bonds is 5. The smallest absolute Gasteiger partial charge is 0.262 e. The van der Waals surface area contributed by atoms with Crippen molar-refractivity contribution in [2.24, 2.45) is 0 Å². The molecule has 1 aliphatic heterocycles. The number of benzene rings is 2. The first kappa shape index (κ1) is 20.1. The lowest BCUT2D eigenvalue weighted by Crippen LogP contribution is -2.45. The van der Waals surface area contributed by atoms with Crippen molar-refractivity contribution in [2.75, 3.05) is 12.4 Å². The second kappa shape index (κ2) is 8.15. The minimum absolute atomic E-state index is 0.259. The first-order valence-corrected chi connectivity index (χ1v) is 8.90. The van der Waals surface area contributed by atoms with Crippen molar-refractivity contribution < 1.29 is 19.6 Å². The van der Waals surface area contributed by atoms with E-state index in [1.807, 2.05) is 0 Å². The van der Waals surface area contributed by atoms with Gasteiger partial charge in [-0.1, -0.05) is 24.3 Å². The minimum Gasteiger partial charge on any atom is -0.868 e. The standard InChI is InChI=1S/C19H18N4O5S/c1-10-16(18(25)21-12-5-3-4-6-15(12)28-2)17(22-19(29)20-10)11-7-8-14(24)13(9-11)23(26)27/h3-9,17,24H,1-2H3,(H,21,25)(H2,20,22,29)/p-1/t17-/m1/s1. The fourth-order valence-electron chi connectivity index (χ4n) is 3.04. The van der Waals surface area contributed by atoms with Crippen LogP contribution in [-0.2, 0) is 4.79 Å². The van der Waals surface area contributed by atoms with Crippen molar-refractivity contribution in [3.8, 4) is 11.5 Å². The number of nitrogens with zero attached hydrogens (tertiary/aromatic N) is 1. The van der Waals surface area contributed by atoms with Gasteiger partial charge in [-0.2, -0.15) is 0 Å². The number of thiocarbonyl (C=S) groups is 1. The van der Waals surface area contributed by atoms with Crippen LogP contribution in [0.25, 0.3) is 0 Å². The molecule has 0 radical (unpaired) electrons. The predicted molar refractivity (Wildman–Crippen MR) is 108 cm³/mol. The lowest BCUT2D eigenvalue weighted by atomic mass is 9.94. The van der Waals surface area contributed by atoms with Gasteiger partial charge in [-0.25, -0.2) is 0 Å². The Morgan fingerprint density at radius 1 is 1.28 bits per heavy atom. The molecule has 0 unspecified atom stereocenters. The molecule has 0 bridgehead atoms. The molecule has 2 aromatic carbocycles. The van der Waals surface area contributed by atoms with Gasteiger partial charge in [-0.05, 0) is 42.6 Å². The van der Waals surface area contributed by atoms with Gasteiger partial charge in [0.15, 0.2) is 5.11 Å². The van der Waals surface area contributed by atoms with Crippen LogP contribution in [0.3, 0.4) is 0 Å². The molecular weight excluding hydrogens is 396 g/mol. The fraction of sp³-hybridized carbons (Fsp3) is 0.158. The summed E-state index contributed by atoms with van der Waals surface area (Å²) in [5, 5.41) is 31.8. The highest BCUT2D eigenvalue weighted by atomic mass is 32.1. The summed E-state index contributed by atoms with van der Waals surface area (Å²) < 4.78 is 5.25. The van der Waals surface area contributed by atoms with E-state index in [2.05, 4.69) is 16.0 Å². The number of nitrogens with one attached hydrogen (secondary N) is 3. The lowest BCUT2D eigenvalue weighted by molar-refractivity contribution is -0.398. The summed E-state index contributed by atoms with van der Waals surface area (Å²) in [7, 11) is 1.49. The van der Waals surface area contributed by atoms with Crippen molar-refractivity contribution in [1.82, 2.24) is 10.6 Å². The van der Waals surface area contributed by atoms with Crippen LogP contribution in [0.4, 0.5) is 11.4 Å². The third-order valence-electron chi connectivity index (χ3n) is 4.38. The predicted octanol–water partition coefficient (Wildman–Crippen LogP) is 2.11. The number of allylic oxidation sites excluding steroid dienone is 1. The molecule has 9 nitrogen and oxygen atoms in total. The molecule has 1 heterocycles. The molecule has 0 aliphatic carbocycles. The zero-order chi connectivity index (χ0) is 21.1. The van der Waals surface area contributed by atoms with Crippen LogP contribution in [0.1, 0.15) is 18.5 Å². The van der Waals surface area contributed by atoms with Crippen molar-refractivity contribution in [1.29, 1.82) is 0 Å². The fourth-order valence-corrected chi connectivity index (χ4v) is 3.31. The second-order valence-corrected chi connectivity index (χ2v) is 6.62. The normalized spacial score (nSPS) is 15.9. The number of hydrogen-bond acceptors (Lipinski definition) is 6. The van der Waals surface area contributed by atoms with Crippen molar-refractivity contribution in [2.45, 2.75) is 13.0 Å². The van der Waals surface area contributed by atoms with Crippen molar-refractivity contribution >= 4 is 34.6 Å².